The van der Waals surface area contributed by atoms with Gasteiger partial charge in [0.1, 0.15) is 5.78 Å². The lowest BCUT2D eigenvalue weighted by Gasteiger charge is -2.07. The van der Waals surface area contributed by atoms with E-state index in [1.165, 1.54) is 6.92 Å². The summed E-state index contributed by atoms with van der Waals surface area (Å²) in [5, 5.41) is 2.69. The van der Waals surface area contributed by atoms with Crippen LogP contribution in [0.2, 0.25) is 0 Å². The summed E-state index contributed by atoms with van der Waals surface area (Å²) in [6.07, 6.45) is 1.39. The van der Waals surface area contributed by atoms with Gasteiger partial charge in [0.25, 0.3) is 0 Å². The molecule has 0 rings (SSSR count). The zero-order valence-electron chi connectivity index (χ0n) is 14.3. The van der Waals surface area contributed by atoms with Gasteiger partial charge in [-0.25, -0.2) is 5.84 Å². The summed E-state index contributed by atoms with van der Waals surface area (Å²) >= 11 is 0. The molecule has 4 N–H and O–H groups in total. The van der Waals surface area contributed by atoms with E-state index in [0.29, 0.717) is 59.0 Å². The average molecular weight is 347 g/mol. The molecule has 140 valence electrons. The van der Waals surface area contributed by atoms with Crippen molar-refractivity contribution < 1.29 is 28.6 Å². The van der Waals surface area contributed by atoms with Crippen molar-refractivity contribution in [3.63, 3.8) is 0 Å². The Hall–Kier alpha value is -1.55. The predicted molar refractivity (Wildman–Crippen MR) is 86.9 cm³/mol. The fourth-order valence-corrected chi connectivity index (χ4v) is 1.59. The molecule has 0 aromatic rings. The molecular formula is C15H29N3O6. The van der Waals surface area contributed by atoms with Crippen molar-refractivity contribution in [3.8, 4) is 0 Å². The van der Waals surface area contributed by atoms with Crippen molar-refractivity contribution in [1.29, 1.82) is 0 Å². The van der Waals surface area contributed by atoms with Gasteiger partial charge in [-0.1, -0.05) is 0 Å². The minimum atomic E-state index is -0.282. The van der Waals surface area contributed by atoms with E-state index in [9.17, 15) is 14.4 Å². The zero-order chi connectivity index (χ0) is 18.0. The molecule has 0 aliphatic rings. The molecule has 0 aromatic carbocycles. The molecule has 0 aromatic heterocycles. The van der Waals surface area contributed by atoms with Gasteiger partial charge in [0.2, 0.25) is 11.8 Å². The zero-order valence-corrected chi connectivity index (χ0v) is 14.3. The van der Waals surface area contributed by atoms with Crippen LogP contribution in [0.15, 0.2) is 0 Å². The van der Waals surface area contributed by atoms with Crippen LogP contribution in [0.25, 0.3) is 0 Å². The number of hydrogen-bond acceptors (Lipinski definition) is 7. The number of rotatable bonds is 16. The van der Waals surface area contributed by atoms with E-state index in [2.05, 4.69) is 5.32 Å². The first-order valence-corrected chi connectivity index (χ1v) is 8.05. The van der Waals surface area contributed by atoms with Gasteiger partial charge in [0.15, 0.2) is 0 Å². The Kier molecular flexibility index (Phi) is 15.3. The van der Waals surface area contributed by atoms with E-state index in [1.54, 1.807) is 0 Å². The van der Waals surface area contributed by atoms with Crippen LogP contribution in [0.5, 0.6) is 0 Å². The maximum absolute atomic E-state index is 11.4. The average Bonchev–Trinajstić information content (AvgIpc) is 2.55. The summed E-state index contributed by atoms with van der Waals surface area (Å²) in [6.45, 7) is 4.54. The van der Waals surface area contributed by atoms with Gasteiger partial charge < -0.3 is 19.5 Å². The predicted octanol–water partition coefficient (Wildman–Crippen LogP) is -0.708. The Bertz CT molecular complexity index is 365. The van der Waals surface area contributed by atoms with E-state index >= 15 is 0 Å². The topological polar surface area (TPSA) is 129 Å². The molecule has 0 saturated heterocycles. The maximum atomic E-state index is 11.4. The Balaban J connectivity index is 3.20. The second-order valence-electron chi connectivity index (χ2n) is 5.06. The number of ketones is 1. The van der Waals surface area contributed by atoms with Gasteiger partial charge >= 0.3 is 0 Å². The van der Waals surface area contributed by atoms with E-state index in [1.807, 2.05) is 5.43 Å². The van der Waals surface area contributed by atoms with Crippen LogP contribution in [-0.2, 0) is 28.6 Å². The van der Waals surface area contributed by atoms with Crippen LogP contribution >= 0.6 is 0 Å². The van der Waals surface area contributed by atoms with E-state index < -0.39 is 0 Å². The van der Waals surface area contributed by atoms with Gasteiger partial charge in [0, 0.05) is 25.8 Å². The molecule has 0 atom stereocenters. The van der Waals surface area contributed by atoms with Gasteiger partial charge in [0.05, 0.1) is 39.6 Å². The normalized spacial score (nSPS) is 10.4. The lowest BCUT2D eigenvalue weighted by atomic mass is 10.2. The van der Waals surface area contributed by atoms with E-state index in [-0.39, 0.29) is 30.4 Å². The van der Waals surface area contributed by atoms with Crippen molar-refractivity contribution in [2.45, 2.75) is 32.6 Å². The first-order valence-electron chi connectivity index (χ1n) is 8.05. The number of carbonyl (C=O) groups excluding carboxylic acids is 3. The Labute approximate surface area is 142 Å². The molecule has 0 heterocycles. The largest absolute Gasteiger partial charge is 0.379 e. The highest BCUT2D eigenvalue weighted by Crippen LogP contribution is 1.94. The molecule has 0 unspecified atom stereocenters. The molecule has 0 bridgehead atoms. The Morgan fingerprint density at radius 1 is 0.792 bits per heavy atom. The van der Waals surface area contributed by atoms with Gasteiger partial charge in [-0.3, -0.25) is 19.8 Å². The summed E-state index contributed by atoms with van der Waals surface area (Å²) < 4.78 is 15.8. The first kappa shape index (κ1) is 22.4. The highest BCUT2D eigenvalue weighted by Gasteiger charge is 2.03. The SMILES string of the molecule is CC(=O)CCOCCOCCOCCNC(=O)CCCC(=O)NN. The summed E-state index contributed by atoms with van der Waals surface area (Å²) in [5.41, 5.74) is 2.01. The van der Waals surface area contributed by atoms with Crippen molar-refractivity contribution in [3.05, 3.63) is 0 Å². The van der Waals surface area contributed by atoms with Crippen molar-refractivity contribution in [2.75, 3.05) is 46.2 Å². The molecule has 0 aliphatic carbocycles. The second-order valence-corrected chi connectivity index (χ2v) is 5.06. The number of nitrogens with two attached hydrogens (primary N) is 1. The molecule has 2 amide bonds. The monoisotopic (exact) mass is 347 g/mol. The molecule has 24 heavy (non-hydrogen) atoms. The molecule has 0 fully saturated rings. The fraction of sp³-hybridized carbons (Fsp3) is 0.800. The maximum Gasteiger partial charge on any atom is 0.233 e. The van der Waals surface area contributed by atoms with Crippen LogP contribution in [0.3, 0.4) is 0 Å². The van der Waals surface area contributed by atoms with Crippen LogP contribution in [-0.4, -0.2) is 63.8 Å². The standard InChI is InChI=1S/C15H29N3O6/c1-13(19)5-7-22-9-11-24-12-10-23-8-6-17-14(20)3-2-4-15(21)18-16/h2-12,16H2,1H3,(H,17,20)(H,18,21). The summed E-state index contributed by atoms with van der Waals surface area (Å²) in [6, 6.07) is 0. The number of carbonyl (C=O) groups is 3. The van der Waals surface area contributed by atoms with Crippen LogP contribution < -0.4 is 16.6 Å². The van der Waals surface area contributed by atoms with E-state index in [4.69, 9.17) is 20.1 Å². The number of amides is 2. The minimum absolute atomic E-state index is 0.109. The molecule has 9 heteroatoms. The Morgan fingerprint density at radius 2 is 1.33 bits per heavy atom. The quantitative estimate of drug-likeness (QED) is 0.146. The first-order chi connectivity index (χ1) is 11.6. The third-order valence-electron chi connectivity index (χ3n) is 2.88. The number of Topliss-reactive ketones (excluding diaryl/α,β-unsaturated/α-hetero) is 1. The number of hydrogen-bond donors (Lipinski definition) is 3. The van der Waals surface area contributed by atoms with Crippen molar-refractivity contribution >= 4 is 17.6 Å². The second kappa shape index (κ2) is 16.3. The molecular weight excluding hydrogens is 318 g/mol. The highest BCUT2D eigenvalue weighted by atomic mass is 16.5. The summed E-state index contributed by atoms with van der Waals surface area (Å²) in [7, 11) is 0. The Morgan fingerprint density at radius 3 is 1.92 bits per heavy atom. The number of ether oxygens (including phenoxy) is 3. The van der Waals surface area contributed by atoms with Crippen LogP contribution in [0, 0.1) is 0 Å². The number of nitrogens with one attached hydrogen (secondary N) is 2. The lowest BCUT2D eigenvalue weighted by Crippen LogP contribution is -2.31. The van der Waals surface area contributed by atoms with Gasteiger partial charge in [-0.15, -0.1) is 0 Å². The third-order valence-corrected chi connectivity index (χ3v) is 2.88. The van der Waals surface area contributed by atoms with Crippen LogP contribution in [0.4, 0.5) is 0 Å². The highest BCUT2D eigenvalue weighted by molar-refractivity contribution is 5.78. The molecule has 0 radical (unpaired) electrons. The molecule has 0 spiro atoms. The van der Waals surface area contributed by atoms with Crippen LogP contribution in [0.1, 0.15) is 32.6 Å². The van der Waals surface area contributed by atoms with Crippen molar-refractivity contribution in [2.24, 2.45) is 5.84 Å². The summed E-state index contributed by atoms with van der Waals surface area (Å²) in [4.78, 5) is 32.9. The molecule has 0 aliphatic heterocycles. The van der Waals surface area contributed by atoms with Gasteiger partial charge in [-0.05, 0) is 13.3 Å². The molecule has 9 nitrogen and oxygen atoms in total. The molecule has 0 saturated carbocycles. The number of hydrazine groups is 1. The third kappa shape index (κ3) is 16.8. The van der Waals surface area contributed by atoms with Gasteiger partial charge in [-0.2, -0.15) is 0 Å². The smallest absolute Gasteiger partial charge is 0.233 e. The van der Waals surface area contributed by atoms with E-state index in [0.717, 1.165) is 0 Å². The fourth-order valence-electron chi connectivity index (χ4n) is 1.59. The lowest BCUT2D eigenvalue weighted by molar-refractivity contribution is -0.123. The summed E-state index contributed by atoms with van der Waals surface area (Å²) in [5.74, 6) is 4.64. The van der Waals surface area contributed by atoms with Crippen molar-refractivity contribution in [1.82, 2.24) is 10.7 Å². The minimum Gasteiger partial charge on any atom is -0.379 e.